The van der Waals surface area contributed by atoms with E-state index in [1.807, 2.05) is 12.1 Å². The number of aliphatic hydroxyl groups is 1. The third kappa shape index (κ3) is 3.33. The van der Waals surface area contributed by atoms with Crippen molar-refractivity contribution in [1.29, 1.82) is 0 Å². The number of aliphatic hydroxyl groups excluding tert-OH is 1. The average molecular weight is 264 g/mol. The van der Waals surface area contributed by atoms with Gasteiger partial charge in [0.25, 0.3) is 0 Å². The second kappa shape index (κ2) is 6.36. The lowest BCUT2D eigenvalue weighted by Gasteiger charge is -2.06. The van der Waals surface area contributed by atoms with Gasteiger partial charge < -0.3 is 19.6 Å². The molecular weight excluding hydrogens is 246 g/mol. The highest BCUT2D eigenvalue weighted by atomic mass is 16.5. The van der Waals surface area contributed by atoms with E-state index in [2.05, 4.69) is 5.32 Å². The van der Waals surface area contributed by atoms with Crippen molar-refractivity contribution in [2.45, 2.75) is 13.0 Å². The average Bonchev–Trinajstić information content (AvgIpc) is 2.42. The molecule has 0 fully saturated rings. The zero-order valence-electron chi connectivity index (χ0n) is 10.9. The standard InChI is InChI=1S/C14H17NO4/c1-18-11-3-4-12-10(9-15-5-2-6-16)7-14(17)19-13(12)8-11/h3-4,7-8,15-16H,2,5-6,9H2,1H3/p+1. The summed E-state index contributed by atoms with van der Waals surface area (Å²) in [5.74, 6) is 0.664. The van der Waals surface area contributed by atoms with Crippen LogP contribution in [-0.2, 0) is 6.54 Å². The van der Waals surface area contributed by atoms with E-state index in [1.54, 1.807) is 13.2 Å². The van der Waals surface area contributed by atoms with Gasteiger partial charge in [0, 0.05) is 36.1 Å². The molecule has 0 aliphatic heterocycles. The van der Waals surface area contributed by atoms with E-state index in [0.717, 1.165) is 23.9 Å². The van der Waals surface area contributed by atoms with Crippen molar-refractivity contribution in [2.75, 3.05) is 20.3 Å². The van der Waals surface area contributed by atoms with Crippen LogP contribution < -0.4 is 15.7 Å². The minimum absolute atomic E-state index is 0.186. The Morgan fingerprint density at radius 1 is 1.37 bits per heavy atom. The molecule has 0 amide bonds. The second-order valence-electron chi connectivity index (χ2n) is 4.31. The molecule has 1 aromatic heterocycles. The highest BCUT2D eigenvalue weighted by Crippen LogP contribution is 2.21. The Hall–Kier alpha value is -1.85. The van der Waals surface area contributed by atoms with Crippen molar-refractivity contribution in [2.24, 2.45) is 0 Å². The quantitative estimate of drug-likeness (QED) is 0.579. The molecule has 2 rings (SSSR count). The Bertz CT molecular complexity index is 606. The zero-order chi connectivity index (χ0) is 13.7. The minimum Gasteiger partial charge on any atom is -0.497 e. The molecule has 5 heteroatoms. The number of nitrogens with two attached hydrogens (primary N) is 1. The van der Waals surface area contributed by atoms with Crippen LogP contribution in [0.2, 0.25) is 0 Å². The van der Waals surface area contributed by atoms with Gasteiger partial charge in [-0.25, -0.2) is 4.79 Å². The van der Waals surface area contributed by atoms with Crippen LogP contribution in [0, 0.1) is 0 Å². The van der Waals surface area contributed by atoms with Gasteiger partial charge in [-0.2, -0.15) is 0 Å². The van der Waals surface area contributed by atoms with E-state index in [9.17, 15) is 4.79 Å². The molecule has 5 nitrogen and oxygen atoms in total. The van der Waals surface area contributed by atoms with Gasteiger partial charge in [0.15, 0.2) is 0 Å². The van der Waals surface area contributed by atoms with Crippen LogP contribution in [0.15, 0.2) is 33.5 Å². The largest absolute Gasteiger partial charge is 0.497 e. The number of methoxy groups -OCH3 is 1. The molecule has 0 radical (unpaired) electrons. The van der Waals surface area contributed by atoms with Crippen molar-refractivity contribution >= 4 is 11.0 Å². The summed E-state index contributed by atoms with van der Waals surface area (Å²) in [5.41, 5.74) is 1.12. The van der Waals surface area contributed by atoms with Gasteiger partial charge in [0.2, 0.25) is 0 Å². The van der Waals surface area contributed by atoms with Crippen molar-refractivity contribution < 1.29 is 19.6 Å². The van der Waals surface area contributed by atoms with Crippen LogP contribution in [0.25, 0.3) is 11.0 Å². The molecule has 0 aliphatic carbocycles. The van der Waals surface area contributed by atoms with E-state index in [1.165, 1.54) is 6.07 Å². The first-order valence-corrected chi connectivity index (χ1v) is 6.28. The summed E-state index contributed by atoms with van der Waals surface area (Å²) in [6.45, 7) is 1.70. The first-order valence-electron chi connectivity index (χ1n) is 6.28. The SMILES string of the molecule is COc1ccc2c(C[NH2+]CCCO)cc(=O)oc2c1. The first kappa shape index (κ1) is 13.6. The minimum atomic E-state index is -0.355. The van der Waals surface area contributed by atoms with E-state index in [-0.39, 0.29) is 12.2 Å². The molecule has 0 aliphatic rings. The lowest BCUT2D eigenvalue weighted by Crippen LogP contribution is -2.82. The summed E-state index contributed by atoms with van der Waals surface area (Å²) < 4.78 is 10.3. The number of ether oxygens (including phenoxy) is 1. The van der Waals surface area contributed by atoms with Gasteiger partial charge in [-0.1, -0.05) is 0 Å². The van der Waals surface area contributed by atoms with E-state index in [4.69, 9.17) is 14.3 Å². The summed E-state index contributed by atoms with van der Waals surface area (Å²) in [5, 5.41) is 11.7. The smallest absolute Gasteiger partial charge is 0.336 e. The molecule has 0 saturated carbocycles. The van der Waals surface area contributed by atoms with Gasteiger partial charge in [-0.3, -0.25) is 0 Å². The highest BCUT2D eigenvalue weighted by Gasteiger charge is 2.08. The van der Waals surface area contributed by atoms with Crippen molar-refractivity contribution in [3.63, 3.8) is 0 Å². The molecule has 0 unspecified atom stereocenters. The van der Waals surface area contributed by atoms with Gasteiger partial charge in [-0.15, -0.1) is 0 Å². The maximum absolute atomic E-state index is 11.5. The summed E-state index contributed by atoms with van der Waals surface area (Å²) >= 11 is 0. The van der Waals surface area contributed by atoms with Crippen LogP contribution >= 0.6 is 0 Å². The summed E-state index contributed by atoms with van der Waals surface area (Å²) in [6.07, 6.45) is 0.743. The number of quaternary nitrogens is 1. The van der Waals surface area contributed by atoms with Gasteiger partial charge >= 0.3 is 5.63 Å². The summed E-state index contributed by atoms with van der Waals surface area (Å²) in [4.78, 5) is 11.5. The molecule has 0 spiro atoms. The lowest BCUT2D eigenvalue weighted by molar-refractivity contribution is -0.670. The number of rotatable bonds is 6. The van der Waals surface area contributed by atoms with Crippen molar-refractivity contribution in [3.05, 3.63) is 40.2 Å². The molecule has 0 atom stereocenters. The van der Waals surface area contributed by atoms with Gasteiger partial charge in [0.1, 0.15) is 17.9 Å². The Balaban J connectivity index is 2.29. The molecule has 1 aromatic carbocycles. The van der Waals surface area contributed by atoms with Crippen molar-refractivity contribution in [3.8, 4) is 5.75 Å². The fraction of sp³-hybridized carbons (Fsp3) is 0.357. The van der Waals surface area contributed by atoms with Crippen LogP contribution in [0.5, 0.6) is 5.75 Å². The molecule has 0 bridgehead atoms. The zero-order valence-corrected chi connectivity index (χ0v) is 10.9. The Labute approximate surface area is 110 Å². The van der Waals surface area contributed by atoms with Gasteiger partial charge in [-0.05, 0) is 12.1 Å². The molecular formula is C14H18NO4+. The normalized spacial score (nSPS) is 10.8. The summed E-state index contributed by atoms with van der Waals surface area (Å²) in [7, 11) is 1.58. The third-order valence-corrected chi connectivity index (χ3v) is 2.97. The molecule has 3 N–H and O–H groups in total. The molecule has 2 aromatic rings. The van der Waals surface area contributed by atoms with Crippen LogP contribution in [0.3, 0.4) is 0 Å². The molecule has 102 valence electrons. The third-order valence-electron chi connectivity index (χ3n) is 2.97. The van der Waals surface area contributed by atoms with Crippen molar-refractivity contribution in [1.82, 2.24) is 0 Å². The fourth-order valence-corrected chi connectivity index (χ4v) is 2.00. The molecule has 0 saturated heterocycles. The number of benzene rings is 1. The van der Waals surface area contributed by atoms with E-state index >= 15 is 0 Å². The Kier molecular flexibility index (Phi) is 4.54. The van der Waals surface area contributed by atoms with E-state index < -0.39 is 0 Å². The van der Waals surface area contributed by atoms with E-state index in [0.29, 0.717) is 17.9 Å². The lowest BCUT2D eigenvalue weighted by atomic mass is 10.1. The Morgan fingerprint density at radius 2 is 2.21 bits per heavy atom. The monoisotopic (exact) mass is 264 g/mol. The predicted molar refractivity (Wildman–Crippen MR) is 71.2 cm³/mol. The topological polar surface area (TPSA) is 76.3 Å². The van der Waals surface area contributed by atoms with Gasteiger partial charge in [0.05, 0.1) is 13.7 Å². The number of hydrogen-bond acceptors (Lipinski definition) is 4. The number of fused-ring (bicyclic) bond motifs is 1. The second-order valence-corrected chi connectivity index (χ2v) is 4.31. The maximum Gasteiger partial charge on any atom is 0.336 e. The van der Waals surface area contributed by atoms with Crippen LogP contribution in [-0.4, -0.2) is 25.4 Å². The highest BCUT2D eigenvalue weighted by molar-refractivity contribution is 5.81. The predicted octanol–water partition coefficient (Wildman–Crippen LogP) is 0.247. The first-order chi connectivity index (χ1) is 9.24. The van der Waals surface area contributed by atoms with Crippen LogP contribution in [0.4, 0.5) is 0 Å². The molecule has 1 heterocycles. The molecule has 19 heavy (non-hydrogen) atoms. The maximum atomic E-state index is 11.5. The summed E-state index contributed by atoms with van der Waals surface area (Å²) in [6, 6.07) is 6.98. The fourth-order valence-electron chi connectivity index (χ4n) is 2.00. The number of hydrogen-bond donors (Lipinski definition) is 2. The Morgan fingerprint density at radius 3 is 2.95 bits per heavy atom. The van der Waals surface area contributed by atoms with Crippen LogP contribution in [0.1, 0.15) is 12.0 Å².